The Hall–Kier alpha value is -1.61. The number of hydrogen-bond donors (Lipinski definition) is 1. The Kier molecular flexibility index (Phi) is 5.06. The van der Waals surface area contributed by atoms with Crippen LogP contribution in [0.2, 0.25) is 0 Å². The number of rotatable bonds is 3. The van der Waals surface area contributed by atoms with Crippen molar-refractivity contribution in [2.75, 3.05) is 32.1 Å². The Morgan fingerprint density at radius 2 is 2.12 bits per heavy atom. The lowest BCUT2D eigenvalue weighted by Gasteiger charge is -2.35. The molecule has 1 aliphatic carbocycles. The van der Waals surface area contributed by atoms with Gasteiger partial charge in [-0.25, -0.2) is 13.2 Å². The minimum Gasteiger partial charge on any atom is -0.335 e. The maximum atomic E-state index is 12.8. The van der Waals surface area contributed by atoms with Gasteiger partial charge in [-0.3, -0.25) is 4.68 Å². The fourth-order valence-electron chi connectivity index (χ4n) is 3.75. The smallest absolute Gasteiger partial charge is 0.318 e. The molecule has 0 spiro atoms. The minimum absolute atomic E-state index is 0.0160. The summed E-state index contributed by atoms with van der Waals surface area (Å²) < 4.78 is 25.8. The van der Waals surface area contributed by atoms with Crippen LogP contribution in [-0.4, -0.2) is 78.3 Å². The maximum absolute atomic E-state index is 12.8. The van der Waals surface area contributed by atoms with Gasteiger partial charge >= 0.3 is 6.03 Å². The number of carbonyl (C=O) groups excluding carboxylic acids is 1. The topological polar surface area (TPSA) is 87.5 Å². The summed E-state index contributed by atoms with van der Waals surface area (Å²) in [6.07, 6.45) is 6.38. The first-order valence-corrected chi connectivity index (χ1v) is 10.5. The molecule has 1 aliphatic heterocycles. The van der Waals surface area contributed by atoms with E-state index in [-0.39, 0.29) is 30.1 Å². The van der Waals surface area contributed by atoms with Crippen LogP contribution in [-0.2, 0) is 16.9 Å². The first-order valence-electron chi connectivity index (χ1n) is 8.68. The zero-order valence-corrected chi connectivity index (χ0v) is 15.9. The van der Waals surface area contributed by atoms with Gasteiger partial charge in [0, 0.05) is 37.4 Å². The Labute approximate surface area is 149 Å². The molecular formula is C16H27N5O3S. The van der Waals surface area contributed by atoms with Crippen molar-refractivity contribution in [3.8, 4) is 0 Å². The van der Waals surface area contributed by atoms with Crippen molar-refractivity contribution in [1.29, 1.82) is 0 Å². The van der Waals surface area contributed by atoms with E-state index < -0.39 is 15.9 Å². The van der Waals surface area contributed by atoms with Gasteiger partial charge in [0.25, 0.3) is 0 Å². The normalized spacial score (nSPS) is 29.1. The summed E-state index contributed by atoms with van der Waals surface area (Å²) in [4.78, 5) is 16.7. The number of urea groups is 1. The van der Waals surface area contributed by atoms with E-state index >= 15 is 0 Å². The van der Waals surface area contributed by atoms with E-state index in [1.165, 1.54) is 0 Å². The van der Waals surface area contributed by atoms with Crippen LogP contribution in [0.15, 0.2) is 12.4 Å². The van der Waals surface area contributed by atoms with Gasteiger partial charge in [-0.2, -0.15) is 5.10 Å². The number of aryl methyl sites for hydroxylation is 1. The summed E-state index contributed by atoms with van der Waals surface area (Å²) in [5.41, 5.74) is 0.763. The standard InChI is InChI=1S/C16H27N5O3S/c1-19(2)14-5-4-13(8-14)18-16(22)21-6-7-25(23,24)11-15(21)12-9-17-20(3)10-12/h9-10,13-15H,4-8,11H2,1-3H3,(H,18,22)/t13-,14-,15+/m1/s1. The second kappa shape index (κ2) is 6.95. The van der Waals surface area contributed by atoms with Crippen LogP contribution in [0.1, 0.15) is 30.9 Å². The Balaban J connectivity index is 1.71. The van der Waals surface area contributed by atoms with E-state index in [0.717, 1.165) is 24.8 Å². The summed E-state index contributed by atoms with van der Waals surface area (Å²) in [5.74, 6) is -0.0285. The van der Waals surface area contributed by atoms with Crippen molar-refractivity contribution in [1.82, 2.24) is 24.9 Å². The van der Waals surface area contributed by atoms with Crippen LogP contribution in [0.3, 0.4) is 0 Å². The molecule has 2 fully saturated rings. The summed E-state index contributed by atoms with van der Waals surface area (Å²) in [7, 11) is 2.75. The number of carbonyl (C=O) groups is 1. The predicted octanol–water partition coefficient (Wildman–Crippen LogP) is 0.384. The fraction of sp³-hybridized carbons (Fsp3) is 0.750. The molecule has 1 N–H and O–H groups in total. The Bertz CT molecular complexity index is 730. The second-order valence-electron chi connectivity index (χ2n) is 7.35. The molecule has 2 heterocycles. The highest BCUT2D eigenvalue weighted by atomic mass is 32.2. The van der Waals surface area contributed by atoms with Gasteiger partial charge in [-0.05, 0) is 33.4 Å². The van der Waals surface area contributed by atoms with Gasteiger partial charge in [0.2, 0.25) is 0 Å². The van der Waals surface area contributed by atoms with Gasteiger partial charge in [0.1, 0.15) is 0 Å². The number of nitrogens with one attached hydrogen (secondary N) is 1. The highest BCUT2D eigenvalue weighted by Crippen LogP contribution is 2.28. The van der Waals surface area contributed by atoms with Crippen molar-refractivity contribution in [3.63, 3.8) is 0 Å². The van der Waals surface area contributed by atoms with Crippen LogP contribution in [0.25, 0.3) is 0 Å². The molecular weight excluding hydrogens is 342 g/mol. The van der Waals surface area contributed by atoms with E-state index in [4.69, 9.17) is 0 Å². The van der Waals surface area contributed by atoms with Crippen molar-refractivity contribution in [3.05, 3.63) is 18.0 Å². The summed E-state index contributed by atoms with van der Waals surface area (Å²) in [6.45, 7) is 0.220. The monoisotopic (exact) mass is 369 g/mol. The average Bonchev–Trinajstić information content (AvgIpc) is 3.15. The maximum Gasteiger partial charge on any atom is 0.318 e. The lowest BCUT2D eigenvalue weighted by molar-refractivity contribution is 0.176. The molecule has 9 heteroatoms. The number of nitrogens with zero attached hydrogens (tertiary/aromatic N) is 4. The first-order chi connectivity index (χ1) is 11.7. The molecule has 1 saturated carbocycles. The average molecular weight is 369 g/mol. The molecule has 25 heavy (non-hydrogen) atoms. The van der Waals surface area contributed by atoms with Crippen LogP contribution in [0.4, 0.5) is 4.79 Å². The summed E-state index contributed by atoms with van der Waals surface area (Å²) in [5, 5.41) is 7.23. The molecule has 0 unspecified atom stereocenters. The lowest BCUT2D eigenvalue weighted by Crippen LogP contribution is -2.52. The number of sulfone groups is 1. The molecule has 0 bridgehead atoms. The first kappa shape index (κ1) is 18.2. The molecule has 0 radical (unpaired) electrons. The van der Waals surface area contributed by atoms with E-state index in [9.17, 15) is 13.2 Å². The molecule has 140 valence electrons. The summed E-state index contributed by atoms with van der Waals surface area (Å²) >= 11 is 0. The van der Waals surface area contributed by atoms with Gasteiger partial charge in [-0.1, -0.05) is 0 Å². The Morgan fingerprint density at radius 3 is 2.72 bits per heavy atom. The van der Waals surface area contributed by atoms with Crippen molar-refractivity contribution in [2.45, 2.75) is 37.4 Å². The minimum atomic E-state index is -3.15. The van der Waals surface area contributed by atoms with Crippen LogP contribution in [0, 0.1) is 0 Å². The fourth-order valence-corrected chi connectivity index (χ4v) is 5.25. The predicted molar refractivity (Wildman–Crippen MR) is 95.0 cm³/mol. The number of amides is 2. The molecule has 1 aromatic rings. The van der Waals surface area contributed by atoms with Crippen molar-refractivity contribution < 1.29 is 13.2 Å². The van der Waals surface area contributed by atoms with Crippen molar-refractivity contribution >= 4 is 15.9 Å². The molecule has 2 aliphatic rings. The van der Waals surface area contributed by atoms with E-state index in [1.54, 1.807) is 29.0 Å². The number of hydrogen-bond acceptors (Lipinski definition) is 5. The van der Waals surface area contributed by atoms with Gasteiger partial charge in [0.15, 0.2) is 9.84 Å². The third kappa shape index (κ3) is 4.14. The van der Waals surface area contributed by atoms with E-state index in [1.807, 2.05) is 0 Å². The number of aromatic nitrogens is 2. The lowest BCUT2D eigenvalue weighted by atomic mass is 10.1. The second-order valence-corrected chi connectivity index (χ2v) is 9.58. The van der Waals surface area contributed by atoms with Crippen molar-refractivity contribution in [2.24, 2.45) is 7.05 Å². The zero-order valence-electron chi connectivity index (χ0n) is 15.1. The SMILES string of the molecule is CN(C)[C@@H]1CC[C@@H](NC(=O)N2CCS(=O)(=O)C[C@H]2c2cnn(C)c2)C1. The van der Waals surface area contributed by atoms with E-state index in [2.05, 4.69) is 29.4 Å². The molecule has 3 atom stereocenters. The van der Waals surface area contributed by atoms with Gasteiger partial charge in [0.05, 0.1) is 23.7 Å². The third-order valence-corrected chi connectivity index (χ3v) is 6.89. The molecule has 1 aromatic heterocycles. The zero-order chi connectivity index (χ0) is 18.2. The molecule has 1 saturated heterocycles. The van der Waals surface area contributed by atoms with Gasteiger partial charge < -0.3 is 15.1 Å². The molecule has 0 aromatic carbocycles. The van der Waals surface area contributed by atoms with E-state index in [0.29, 0.717) is 6.04 Å². The molecule has 2 amide bonds. The van der Waals surface area contributed by atoms with Crippen LogP contribution in [0.5, 0.6) is 0 Å². The summed E-state index contributed by atoms with van der Waals surface area (Å²) in [6, 6.07) is -0.0132. The third-order valence-electron chi connectivity index (χ3n) is 5.26. The van der Waals surface area contributed by atoms with Crippen LogP contribution >= 0.6 is 0 Å². The highest BCUT2D eigenvalue weighted by Gasteiger charge is 2.37. The highest BCUT2D eigenvalue weighted by molar-refractivity contribution is 7.91. The molecule has 8 nitrogen and oxygen atoms in total. The van der Waals surface area contributed by atoms with Crippen LogP contribution < -0.4 is 5.32 Å². The largest absolute Gasteiger partial charge is 0.335 e. The van der Waals surface area contributed by atoms with Gasteiger partial charge in [-0.15, -0.1) is 0 Å². The molecule has 3 rings (SSSR count). The quantitative estimate of drug-likeness (QED) is 0.832. The Morgan fingerprint density at radius 1 is 1.36 bits per heavy atom.